The molecule has 1 atom stereocenters. The van der Waals surface area contributed by atoms with Crippen LogP contribution in [-0.2, 0) is 17.7 Å². The minimum Gasteiger partial charge on any atom is -0.383 e. The van der Waals surface area contributed by atoms with E-state index in [-0.39, 0.29) is 12.1 Å². The van der Waals surface area contributed by atoms with Gasteiger partial charge < -0.3 is 19.9 Å². The van der Waals surface area contributed by atoms with Gasteiger partial charge in [0.25, 0.3) is 0 Å². The topological polar surface area (TPSA) is 44.8 Å². The van der Waals surface area contributed by atoms with Crippen LogP contribution in [0.25, 0.3) is 0 Å². The van der Waals surface area contributed by atoms with Gasteiger partial charge in [0.2, 0.25) is 0 Å². The molecule has 0 bridgehead atoms. The molecule has 1 unspecified atom stereocenters. The van der Waals surface area contributed by atoms with Gasteiger partial charge in [0.15, 0.2) is 0 Å². The van der Waals surface area contributed by atoms with Gasteiger partial charge in [-0.2, -0.15) is 0 Å². The van der Waals surface area contributed by atoms with E-state index >= 15 is 0 Å². The highest BCUT2D eigenvalue weighted by atomic mass is 16.5. The summed E-state index contributed by atoms with van der Waals surface area (Å²) in [5, 5.41) is 3.11. The van der Waals surface area contributed by atoms with Crippen molar-refractivity contribution in [3.63, 3.8) is 0 Å². The third kappa shape index (κ3) is 5.01. The Morgan fingerprint density at radius 3 is 2.70 bits per heavy atom. The first-order valence-corrected chi connectivity index (χ1v) is 9.59. The van der Waals surface area contributed by atoms with Crippen molar-refractivity contribution in [3.8, 4) is 0 Å². The molecule has 27 heavy (non-hydrogen) atoms. The molecule has 1 N–H and O–H groups in total. The van der Waals surface area contributed by atoms with Crippen molar-refractivity contribution in [2.75, 3.05) is 38.3 Å². The highest BCUT2D eigenvalue weighted by Crippen LogP contribution is 2.28. The number of carbonyl (C=O) groups excluding carboxylic acids is 1. The van der Waals surface area contributed by atoms with Gasteiger partial charge in [-0.05, 0) is 30.5 Å². The molecule has 2 aromatic rings. The Morgan fingerprint density at radius 2 is 1.93 bits per heavy atom. The van der Waals surface area contributed by atoms with E-state index in [1.54, 1.807) is 7.11 Å². The fourth-order valence-electron chi connectivity index (χ4n) is 3.54. The third-order valence-electron chi connectivity index (χ3n) is 5.07. The molecule has 3 rings (SSSR count). The second-order valence-electron chi connectivity index (χ2n) is 7.01. The van der Waals surface area contributed by atoms with E-state index in [1.165, 1.54) is 11.3 Å². The maximum Gasteiger partial charge on any atom is 0.317 e. The van der Waals surface area contributed by atoms with Crippen LogP contribution in [0.5, 0.6) is 0 Å². The standard InChI is InChI=1S/C22H29N3O2/c1-18(25-13-12-20-10-6-7-11-21(20)25)16-23-22(26)24(14-15-27-2)17-19-8-4-3-5-9-19/h3-11,18H,12-17H2,1-2H3,(H,23,26). The van der Waals surface area contributed by atoms with Crippen LogP contribution >= 0.6 is 0 Å². The smallest absolute Gasteiger partial charge is 0.317 e. The first-order valence-electron chi connectivity index (χ1n) is 9.59. The monoisotopic (exact) mass is 367 g/mol. The lowest BCUT2D eigenvalue weighted by atomic mass is 10.2. The Bertz CT molecular complexity index is 735. The predicted molar refractivity (Wildman–Crippen MR) is 109 cm³/mol. The van der Waals surface area contributed by atoms with Gasteiger partial charge in [-0.1, -0.05) is 48.5 Å². The molecule has 0 aliphatic carbocycles. The molecular formula is C22H29N3O2. The fraction of sp³-hybridized carbons (Fsp3) is 0.409. The lowest BCUT2D eigenvalue weighted by Crippen LogP contribution is -2.47. The molecule has 5 heteroatoms. The summed E-state index contributed by atoms with van der Waals surface area (Å²) in [6.07, 6.45) is 1.07. The Hall–Kier alpha value is -2.53. The highest BCUT2D eigenvalue weighted by Gasteiger charge is 2.23. The number of para-hydroxylation sites is 1. The molecule has 1 aliphatic heterocycles. The predicted octanol–water partition coefficient (Wildman–Crippen LogP) is 3.30. The number of urea groups is 1. The van der Waals surface area contributed by atoms with E-state index in [1.807, 2.05) is 35.2 Å². The normalized spacial score (nSPS) is 13.9. The van der Waals surface area contributed by atoms with Crippen LogP contribution in [0, 0.1) is 0 Å². The number of methoxy groups -OCH3 is 1. The molecule has 0 aromatic heterocycles. The molecule has 5 nitrogen and oxygen atoms in total. The second-order valence-corrected chi connectivity index (χ2v) is 7.01. The van der Waals surface area contributed by atoms with E-state index in [2.05, 4.69) is 41.4 Å². The van der Waals surface area contributed by atoms with Gasteiger partial charge in [0.1, 0.15) is 0 Å². The zero-order valence-electron chi connectivity index (χ0n) is 16.2. The molecule has 0 spiro atoms. The Morgan fingerprint density at radius 1 is 1.19 bits per heavy atom. The Balaban J connectivity index is 1.57. The molecule has 0 saturated carbocycles. The van der Waals surface area contributed by atoms with E-state index in [0.29, 0.717) is 26.2 Å². The van der Waals surface area contributed by atoms with Crippen molar-refractivity contribution in [2.24, 2.45) is 0 Å². The minimum atomic E-state index is -0.0461. The van der Waals surface area contributed by atoms with Crippen molar-refractivity contribution in [1.82, 2.24) is 10.2 Å². The fourth-order valence-corrected chi connectivity index (χ4v) is 3.54. The molecular weight excluding hydrogens is 338 g/mol. The van der Waals surface area contributed by atoms with Gasteiger partial charge in [-0.25, -0.2) is 4.79 Å². The summed E-state index contributed by atoms with van der Waals surface area (Å²) in [4.78, 5) is 16.9. The molecule has 0 saturated heterocycles. The zero-order valence-corrected chi connectivity index (χ0v) is 16.2. The summed E-state index contributed by atoms with van der Waals surface area (Å²) in [7, 11) is 1.66. The minimum absolute atomic E-state index is 0.0461. The number of benzene rings is 2. The molecule has 0 radical (unpaired) electrons. The van der Waals surface area contributed by atoms with E-state index in [0.717, 1.165) is 18.5 Å². The van der Waals surface area contributed by atoms with Crippen LogP contribution in [-0.4, -0.2) is 50.3 Å². The second kappa shape index (κ2) is 9.42. The van der Waals surface area contributed by atoms with Crippen molar-refractivity contribution in [2.45, 2.75) is 25.9 Å². The number of carbonyl (C=O) groups is 1. The summed E-state index contributed by atoms with van der Waals surface area (Å²) >= 11 is 0. The van der Waals surface area contributed by atoms with Crippen LogP contribution in [0.1, 0.15) is 18.1 Å². The first-order chi connectivity index (χ1) is 13.2. The van der Waals surface area contributed by atoms with Crippen LogP contribution in [0.4, 0.5) is 10.5 Å². The molecule has 2 aromatic carbocycles. The first kappa shape index (κ1) is 19.2. The molecule has 0 fully saturated rings. The number of hydrogen-bond donors (Lipinski definition) is 1. The Kier molecular flexibility index (Phi) is 6.71. The van der Waals surface area contributed by atoms with E-state index in [9.17, 15) is 4.79 Å². The Labute approximate surface area is 161 Å². The van der Waals surface area contributed by atoms with E-state index < -0.39 is 0 Å². The number of rotatable bonds is 8. The average Bonchev–Trinajstić information content (AvgIpc) is 3.14. The third-order valence-corrected chi connectivity index (χ3v) is 5.07. The lowest BCUT2D eigenvalue weighted by molar-refractivity contribution is 0.146. The highest BCUT2D eigenvalue weighted by molar-refractivity contribution is 5.74. The van der Waals surface area contributed by atoms with Gasteiger partial charge >= 0.3 is 6.03 Å². The van der Waals surface area contributed by atoms with Crippen LogP contribution in [0.2, 0.25) is 0 Å². The van der Waals surface area contributed by atoms with Crippen LogP contribution in [0.15, 0.2) is 54.6 Å². The number of hydrogen-bond acceptors (Lipinski definition) is 3. The largest absolute Gasteiger partial charge is 0.383 e. The average molecular weight is 367 g/mol. The van der Waals surface area contributed by atoms with Gasteiger partial charge in [-0.15, -0.1) is 0 Å². The van der Waals surface area contributed by atoms with Crippen molar-refractivity contribution >= 4 is 11.7 Å². The maximum atomic E-state index is 12.8. The maximum absolute atomic E-state index is 12.8. The van der Waals surface area contributed by atoms with Crippen molar-refractivity contribution in [3.05, 3.63) is 65.7 Å². The number of fused-ring (bicyclic) bond motifs is 1. The van der Waals surface area contributed by atoms with Crippen LogP contribution < -0.4 is 10.2 Å². The molecule has 144 valence electrons. The summed E-state index contributed by atoms with van der Waals surface area (Å²) in [5.41, 5.74) is 3.80. The summed E-state index contributed by atoms with van der Waals surface area (Å²) in [6, 6.07) is 18.8. The quantitative estimate of drug-likeness (QED) is 0.779. The summed E-state index contributed by atoms with van der Waals surface area (Å²) < 4.78 is 5.18. The molecule has 1 heterocycles. The van der Waals surface area contributed by atoms with Gasteiger partial charge in [0.05, 0.1) is 6.61 Å². The van der Waals surface area contributed by atoms with Crippen LogP contribution in [0.3, 0.4) is 0 Å². The number of anilines is 1. The van der Waals surface area contributed by atoms with Crippen molar-refractivity contribution in [1.29, 1.82) is 0 Å². The number of nitrogens with zero attached hydrogens (tertiary/aromatic N) is 2. The number of amides is 2. The number of nitrogens with one attached hydrogen (secondary N) is 1. The zero-order chi connectivity index (χ0) is 19.1. The molecule has 2 amide bonds. The SMILES string of the molecule is COCCN(Cc1ccccc1)C(=O)NCC(C)N1CCc2ccccc21. The van der Waals surface area contributed by atoms with Gasteiger partial charge in [0, 0.05) is 45.0 Å². The summed E-state index contributed by atoms with van der Waals surface area (Å²) in [6.45, 7) is 5.46. The summed E-state index contributed by atoms with van der Waals surface area (Å²) in [5.74, 6) is 0. The molecule has 1 aliphatic rings. The van der Waals surface area contributed by atoms with Gasteiger partial charge in [-0.3, -0.25) is 0 Å². The van der Waals surface area contributed by atoms with Crippen molar-refractivity contribution < 1.29 is 9.53 Å². The van der Waals surface area contributed by atoms with E-state index in [4.69, 9.17) is 4.74 Å². The number of ether oxygens (including phenoxy) is 1. The lowest BCUT2D eigenvalue weighted by Gasteiger charge is -2.29.